The van der Waals surface area contributed by atoms with Crippen LogP contribution in [0.4, 0.5) is 4.79 Å². The minimum atomic E-state index is -1.14. The van der Waals surface area contributed by atoms with E-state index in [1.54, 1.807) is 47.6 Å². The maximum Gasteiger partial charge on any atom is 0.412 e. The average molecular weight is 301 g/mol. The molecule has 0 radical (unpaired) electrons. The normalized spacial score (nSPS) is 25.1. The molecule has 0 aromatic heterocycles. The zero-order chi connectivity index (χ0) is 16.4. The van der Waals surface area contributed by atoms with Gasteiger partial charge in [-0.15, -0.1) is 0 Å². The minimum Gasteiger partial charge on any atom is -0.444 e. The molecule has 3 atom stereocenters. The number of carbonyl (C=O) groups excluding carboxylic acids is 1. The monoisotopic (exact) mass is 301 g/mol. The van der Waals surface area contributed by atoms with Crippen LogP contribution in [-0.2, 0) is 9.47 Å². The van der Waals surface area contributed by atoms with Gasteiger partial charge in [-0.1, -0.05) is 12.2 Å². The highest BCUT2D eigenvalue weighted by molar-refractivity contribution is 5.70. The van der Waals surface area contributed by atoms with Crippen LogP contribution >= 0.6 is 0 Å². The van der Waals surface area contributed by atoms with E-state index in [4.69, 9.17) is 9.47 Å². The number of ether oxygens (including phenoxy) is 2. The predicted octanol–water partition coefficient (Wildman–Crippen LogP) is 1.66. The Bertz CT molecular complexity index is 399. The summed E-state index contributed by atoms with van der Waals surface area (Å²) in [6.07, 6.45) is 0.343. The number of hydrogen-bond donors (Lipinski definition) is 2. The summed E-state index contributed by atoms with van der Waals surface area (Å²) in [6, 6.07) is -0.666. The smallest absolute Gasteiger partial charge is 0.412 e. The Kier molecular flexibility index (Phi) is 5.41. The first-order valence-electron chi connectivity index (χ1n) is 7.15. The summed E-state index contributed by atoms with van der Waals surface area (Å²) in [5.74, 6) is 0. The topological polar surface area (TPSA) is 79.2 Å². The second kappa shape index (κ2) is 6.34. The van der Waals surface area contributed by atoms with E-state index in [1.165, 1.54) is 11.0 Å². The van der Waals surface area contributed by atoms with E-state index in [-0.39, 0.29) is 6.61 Å². The third-order valence-electron chi connectivity index (χ3n) is 3.24. The summed E-state index contributed by atoms with van der Waals surface area (Å²) in [6.45, 7) is 10.7. The van der Waals surface area contributed by atoms with Crippen molar-refractivity contribution in [2.24, 2.45) is 0 Å². The molecule has 1 amide bonds. The van der Waals surface area contributed by atoms with Crippen LogP contribution in [-0.4, -0.2) is 57.4 Å². The number of aliphatic hydroxyl groups excluding tert-OH is 2. The van der Waals surface area contributed by atoms with Crippen LogP contribution in [0.25, 0.3) is 0 Å². The van der Waals surface area contributed by atoms with Gasteiger partial charge >= 0.3 is 6.09 Å². The molecule has 2 N–H and O–H groups in total. The maximum atomic E-state index is 12.4. The Morgan fingerprint density at radius 3 is 2.48 bits per heavy atom. The molecule has 1 aliphatic rings. The van der Waals surface area contributed by atoms with Gasteiger partial charge in [0.15, 0.2) is 0 Å². The number of rotatable bonds is 3. The van der Waals surface area contributed by atoms with Crippen LogP contribution in [0.5, 0.6) is 0 Å². The molecule has 6 heteroatoms. The molecule has 1 aliphatic heterocycles. The third kappa shape index (κ3) is 4.43. The number of carbonyl (C=O) groups is 1. The summed E-state index contributed by atoms with van der Waals surface area (Å²) in [5.41, 5.74) is -1.54. The molecule has 1 saturated heterocycles. The lowest BCUT2D eigenvalue weighted by atomic mass is 10.0. The molecule has 1 rings (SSSR count). The van der Waals surface area contributed by atoms with Gasteiger partial charge in [-0.05, 0) is 41.5 Å². The van der Waals surface area contributed by atoms with Crippen molar-refractivity contribution in [3.8, 4) is 0 Å². The van der Waals surface area contributed by atoms with Crippen molar-refractivity contribution >= 4 is 6.09 Å². The second-order valence-corrected chi connectivity index (χ2v) is 6.68. The van der Waals surface area contributed by atoms with E-state index < -0.39 is 35.7 Å². The Labute approximate surface area is 126 Å². The Hall–Kier alpha value is -1.11. The highest BCUT2D eigenvalue weighted by atomic mass is 16.6. The fraction of sp³-hybridized carbons (Fsp3) is 0.800. The fourth-order valence-corrected chi connectivity index (χ4v) is 2.29. The molecule has 122 valence electrons. The zero-order valence-electron chi connectivity index (χ0n) is 13.7. The van der Waals surface area contributed by atoms with Gasteiger partial charge in [0.2, 0.25) is 0 Å². The summed E-state index contributed by atoms with van der Waals surface area (Å²) < 4.78 is 11.0. The van der Waals surface area contributed by atoms with Gasteiger partial charge in [0, 0.05) is 0 Å². The molecule has 0 bridgehead atoms. The van der Waals surface area contributed by atoms with E-state index in [1.807, 2.05) is 0 Å². The van der Waals surface area contributed by atoms with Crippen LogP contribution in [0.3, 0.4) is 0 Å². The van der Waals surface area contributed by atoms with Crippen LogP contribution in [0.2, 0.25) is 0 Å². The predicted molar refractivity (Wildman–Crippen MR) is 78.7 cm³/mol. The van der Waals surface area contributed by atoms with Crippen LogP contribution in [0.15, 0.2) is 12.2 Å². The molecule has 0 saturated carbocycles. The molecule has 21 heavy (non-hydrogen) atoms. The van der Waals surface area contributed by atoms with Crippen molar-refractivity contribution in [2.45, 2.75) is 71.1 Å². The minimum absolute atomic E-state index is 0.141. The lowest BCUT2D eigenvalue weighted by Crippen LogP contribution is -2.55. The van der Waals surface area contributed by atoms with Crippen LogP contribution < -0.4 is 0 Å². The lowest BCUT2D eigenvalue weighted by Gasteiger charge is -2.37. The zero-order valence-corrected chi connectivity index (χ0v) is 13.7. The fourth-order valence-electron chi connectivity index (χ4n) is 2.29. The van der Waals surface area contributed by atoms with Crippen molar-refractivity contribution in [1.82, 2.24) is 4.90 Å². The summed E-state index contributed by atoms with van der Waals surface area (Å²) in [5, 5.41) is 20.2. The molecule has 0 aromatic rings. The van der Waals surface area contributed by atoms with E-state index in [0.717, 1.165) is 0 Å². The van der Waals surface area contributed by atoms with Crippen LogP contribution in [0.1, 0.15) is 41.5 Å². The van der Waals surface area contributed by atoms with E-state index >= 15 is 0 Å². The number of hydrogen-bond acceptors (Lipinski definition) is 5. The average Bonchev–Trinajstić information content (AvgIpc) is 2.62. The Balaban J connectivity index is 2.96. The highest BCUT2D eigenvalue weighted by Gasteiger charge is 2.49. The van der Waals surface area contributed by atoms with Gasteiger partial charge in [0.1, 0.15) is 23.5 Å². The molecule has 1 fully saturated rings. The summed E-state index contributed by atoms with van der Waals surface area (Å²) in [7, 11) is 0. The molecular weight excluding hydrogens is 274 g/mol. The molecular formula is C15H27NO5. The van der Waals surface area contributed by atoms with E-state index in [0.29, 0.717) is 0 Å². The molecule has 1 heterocycles. The SMILES string of the molecule is C/C=C/[C@H](O)[C@@H](O)[C@H]1COC(C)(C)N1C(=O)OC(C)(C)C. The third-order valence-corrected chi connectivity index (χ3v) is 3.24. The van der Waals surface area contributed by atoms with Crippen molar-refractivity contribution < 1.29 is 24.5 Å². The van der Waals surface area contributed by atoms with Crippen molar-refractivity contribution in [3.05, 3.63) is 12.2 Å². The first kappa shape index (κ1) is 17.9. The highest BCUT2D eigenvalue weighted by Crippen LogP contribution is 2.31. The quantitative estimate of drug-likeness (QED) is 0.775. The van der Waals surface area contributed by atoms with Gasteiger partial charge in [-0.2, -0.15) is 0 Å². The standard InChI is InChI=1S/C15H27NO5/c1-7-8-11(17)12(18)10-9-20-15(5,6)16(10)13(19)21-14(2,3)4/h7-8,10-12,17-18H,9H2,1-6H3/b8-7+/t10-,11+,12+/m1/s1. The molecule has 0 unspecified atom stereocenters. The lowest BCUT2D eigenvalue weighted by molar-refractivity contribution is -0.0731. The van der Waals surface area contributed by atoms with Gasteiger partial charge in [-0.25, -0.2) is 4.79 Å². The summed E-state index contributed by atoms with van der Waals surface area (Å²) in [4.78, 5) is 13.7. The number of aliphatic hydroxyl groups is 2. The van der Waals surface area contributed by atoms with Gasteiger partial charge in [0.25, 0.3) is 0 Å². The van der Waals surface area contributed by atoms with Crippen molar-refractivity contribution in [2.75, 3.05) is 6.61 Å². The summed E-state index contributed by atoms with van der Waals surface area (Å²) >= 11 is 0. The number of amides is 1. The van der Waals surface area contributed by atoms with Crippen LogP contribution in [0, 0.1) is 0 Å². The molecule has 0 aliphatic carbocycles. The molecule has 0 aromatic carbocycles. The first-order valence-corrected chi connectivity index (χ1v) is 7.15. The van der Waals surface area contributed by atoms with E-state index in [9.17, 15) is 15.0 Å². The van der Waals surface area contributed by atoms with Crippen molar-refractivity contribution in [1.29, 1.82) is 0 Å². The Morgan fingerprint density at radius 2 is 2.00 bits per heavy atom. The number of allylic oxidation sites excluding steroid dienone is 1. The maximum absolute atomic E-state index is 12.4. The number of nitrogens with zero attached hydrogens (tertiary/aromatic N) is 1. The van der Waals surface area contributed by atoms with Gasteiger partial charge < -0.3 is 19.7 Å². The largest absolute Gasteiger partial charge is 0.444 e. The van der Waals surface area contributed by atoms with Gasteiger partial charge in [-0.3, -0.25) is 4.90 Å². The second-order valence-electron chi connectivity index (χ2n) is 6.68. The van der Waals surface area contributed by atoms with Gasteiger partial charge in [0.05, 0.1) is 12.6 Å². The molecule has 0 spiro atoms. The van der Waals surface area contributed by atoms with E-state index in [2.05, 4.69) is 0 Å². The molecule has 6 nitrogen and oxygen atoms in total. The first-order chi connectivity index (χ1) is 9.49. The Morgan fingerprint density at radius 1 is 1.43 bits per heavy atom. The van der Waals surface area contributed by atoms with Crippen molar-refractivity contribution in [3.63, 3.8) is 0 Å².